The van der Waals surface area contributed by atoms with Crippen LogP contribution < -0.4 is 10.9 Å². The van der Waals surface area contributed by atoms with Gasteiger partial charge in [0, 0.05) is 17.0 Å². The summed E-state index contributed by atoms with van der Waals surface area (Å²) in [5.74, 6) is -0.827. The highest BCUT2D eigenvalue weighted by Crippen LogP contribution is 2.25. The Kier molecular flexibility index (Phi) is 7.53. The summed E-state index contributed by atoms with van der Waals surface area (Å²) < 4.78 is 1.30. The standard InChI is InChI=1S/C23H24Cl2N4O3/c1-4-11-28(13-20(30)26-19-10-9-15(24)12-18(19)25)23(32)21-16-7-5-6-8-17(16)22(31)29(27-21)14(2)3/h5-10,12,14H,4,11,13H2,1-3H3,(H,26,30). The zero-order valence-electron chi connectivity index (χ0n) is 18.1. The van der Waals surface area contributed by atoms with Crippen LogP contribution in [0.2, 0.25) is 10.0 Å². The van der Waals surface area contributed by atoms with Gasteiger partial charge in [0.1, 0.15) is 6.54 Å². The van der Waals surface area contributed by atoms with Crippen molar-refractivity contribution in [1.82, 2.24) is 14.7 Å². The van der Waals surface area contributed by atoms with Crippen LogP contribution in [-0.2, 0) is 4.79 Å². The van der Waals surface area contributed by atoms with Crippen LogP contribution in [0.5, 0.6) is 0 Å². The van der Waals surface area contributed by atoms with E-state index < -0.39 is 11.8 Å². The maximum atomic E-state index is 13.5. The molecule has 2 amide bonds. The molecule has 32 heavy (non-hydrogen) atoms. The van der Waals surface area contributed by atoms with Crippen molar-refractivity contribution < 1.29 is 9.59 Å². The second kappa shape index (κ2) is 10.1. The Bertz CT molecular complexity index is 1220. The average molecular weight is 475 g/mol. The van der Waals surface area contributed by atoms with Gasteiger partial charge in [0.05, 0.1) is 22.1 Å². The molecule has 0 aliphatic carbocycles. The monoisotopic (exact) mass is 474 g/mol. The SMILES string of the molecule is CCCN(CC(=O)Nc1ccc(Cl)cc1Cl)C(=O)c1nn(C(C)C)c(=O)c2ccccc12. The molecule has 9 heteroatoms. The van der Waals surface area contributed by atoms with Crippen molar-refractivity contribution in [2.75, 3.05) is 18.4 Å². The van der Waals surface area contributed by atoms with E-state index in [1.807, 2.05) is 20.8 Å². The first-order chi connectivity index (χ1) is 15.2. The number of hydrogen-bond acceptors (Lipinski definition) is 4. The van der Waals surface area contributed by atoms with Crippen molar-refractivity contribution in [2.24, 2.45) is 0 Å². The molecule has 0 aliphatic heterocycles. The van der Waals surface area contributed by atoms with Gasteiger partial charge in [0.15, 0.2) is 5.69 Å². The van der Waals surface area contributed by atoms with E-state index in [2.05, 4.69) is 10.4 Å². The number of carbonyl (C=O) groups is 2. The summed E-state index contributed by atoms with van der Waals surface area (Å²) in [6.07, 6.45) is 0.641. The van der Waals surface area contributed by atoms with Crippen molar-refractivity contribution in [3.05, 3.63) is 68.6 Å². The summed E-state index contributed by atoms with van der Waals surface area (Å²) >= 11 is 12.0. The number of hydrogen-bond donors (Lipinski definition) is 1. The molecule has 3 rings (SSSR count). The summed E-state index contributed by atoms with van der Waals surface area (Å²) in [5, 5.41) is 8.70. The number of nitrogens with one attached hydrogen (secondary N) is 1. The highest BCUT2D eigenvalue weighted by atomic mass is 35.5. The minimum atomic E-state index is -0.421. The molecule has 0 bridgehead atoms. The van der Waals surface area contributed by atoms with Gasteiger partial charge in [-0.1, -0.05) is 48.3 Å². The molecule has 168 valence electrons. The highest BCUT2D eigenvalue weighted by molar-refractivity contribution is 6.36. The Morgan fingerprint density at radius 1 is 1.12 bits per heavy atom. The molecule has 0 saturated carbocycles. The lowest BCUT2D eigenvalue weighted by Gasteiger charge is -2.23. The van der Waals surface area contributed by atoms with E-state index in [4.69, 9.17) is 23.2 Å². The molecule has 2 aromatic carbocycles. The zero-order valence-corrected chi connectivity index (χ0v) is 19.6. The predicted octanol–water partition coefficient (Wildman–Crippen LogP) is 4.78. The highest BCUT2D eigenvalue weighted by Gasteiger charge is 2.24. The van der Waals surface area contributed by atoms with Crippen LogP contribution in [0.1, 0.15) is 43.7 Å². The molecule has 0 radical (unpaired) electrons. The van der Waals surface area contributed by atoms with E-state index in [1.165, 1.54) is 15.6 Å². The van der Waals surface area contributed by atoms with Crippen LogP contribution in [0.25, 0.3) is 10.8 Å². The lowest BCUT2D eigenvalue weighted by atomic mass is 10.1. The van der Waals surface area contributed by atoms with Crippen molar-refractivity contribution in [1.29, 1.82) is 0 Å². The summed E-state index contributed by atoms with van der Waals surface area (Å²) in [6.45, 7) is 5.71. The van der Waals surface area contributed by atoms with Crippen LogP contribution >= 0.6 is 23.2 Å². The van der Waals surface area contributed by atoms with E-state index in [0.29, 0.717) is 39.5 Å². The van der Waals surface area contributed by atoms with Crippen LogP contribution in [0.3, 0.4) is 0 Å². The van der Waals surface area contributed by atoms with E-state index in [0.717, 1.165) is 0 Å². The Labute approximate surface area is 195 Å². The largest absolute Gasteiger partial charge is 0.328 e. The molecular weight excluding hydrogens is 451 g/mol. The van der Waals surface area contributed by atoms with E-state index in [1.54, 1.807) is 36.4 Å². The molecule has 0 fully saturated rings. The van der Waals surface area contributed by atoms with Crippen LogP contribution in [0, 0.1) is 0 Å². The summed E-state index contributed by atoms with van der Waals surface area (Å²) in [4.78, 5) is 40.3. The Morgan fingerprint density at radius 3 is 2.44 bits per heavy atom. The topological polar surface area (TPSA) is 84.3 Å². The van der Waals surface area contributed by atoms with Gasteiger partial charge in [-0.2, -0.15) is 5.10 Å². The number of rotatable bonds is 7. The maximum Gasteiger partial charge on any atom is 0.275 e. The smallest absolute Gasteiger partial charge is 0.275 e. The number of carbonyl (C=O) groups excluding carboxylic acids is 2. The van der Waals surface area contributed by atoms with Gasteiger partial charge in [-0.15, -0.1) is 0 Å². The normalized spacial score (nSPS) is 11.1. The maximum absolute atomic E-state index is 13.5. The first-order valence-electron chi connectivity index (χ1n) is 10.3. The number of benzene rings is 2. The third kappa shape index (κ3) is 5.11. The van der Waals surface area contributed by atoms with Gasteiger partial charge >= 0.3 is 0 Å². The molecule has 1 aromatic heterocycles. The Morgan fingerprint density at radius 2 is 1.81 bits per heavy atom. The van der Waals surface area contributed by atoms with Crippen LogP contribution in [-0.4, -0.2) is 39.6 Å². The van der Waals surface area contributed by atoms with Crippen molar-refractivity contribution in [3.8, 4) is 0 Å². The number of anilines is 1. The van der Waals surface area contributed by atoms with Gasteiger partial charge < -0.3 is 10.2 Å². The van der Waals surface area contributed by atoms with Gasteiger partial charge in [-0.05, 0) is 44.5 Å². The summed E-state index contributed by atoms with van der Waals surface area (Å²) in [5.41, 5.74) is 0.283. The molecular formula is C23H24Cl2N4O3. The second-order valence-corrected chi connectivity index (χ2v) is 8.48. The van der Waals surface area contributed by atoms with E-state index in [-0.39, 0.29) is 23.8 Å². The van der Waals surface area contributed by atoms with Crippen LogP contribution in [0.15, 0.2) is 47.3 Å². The van der Waals surface area contributed by atoms with Gasteiger partial charge in [-0.25, -0.2) is 4.68 Å². The van der Waals surface area contributed by atoms with Crippen molar-refractivity contribution in [3.63, 3.8) is 0 Å². The third-order valence-corrected chi connectivity index (χ3v) is 5.39. The summed E-state index contributed by atoms with van der Waals surface area (Å²) in [6, 6.07) is 11.4. The lowest BCUT2D eigenvalue weighted by Crippen LogP contribution is -2.40. The minimum absolute atomic E-state index is 0.139. The number of fused-ring (bicyclic) bond motifs is 1. The van der Waals surface area contributed by atoms with Crippen molar-refractivity contribution >= 4 is 51.5 Å². The summed E-state index contributed by atoms with van der Waals surface area (Å²) in [7, 11) is 0. The average Bonchev–Trinajstić information content (AvgIpc) is 2.75. The molecule has 0 spiro atoms. The first kappa shape index (κ1) is 23.8. The zero-order chi connectivity index (χ0) is 23.4. The molecule has 3 aromatic rings. The first-order valence-corrected chi connectivity index (χ1v) is 11.0. The number of halogens is 2. The minimum Gasteiger partial charge on any atom is -0.328 e. The molecule has 0 saturated heterocycles. The second-order valence-electron chi connectivity index (χ2n) is 7.64. The fourth-order valence-electron chi connectivity index (χ4n) is 3.34. The Hall–Kier alpha value is -2.90. The Balaban J connectivity index is 1.94. The fourth-order valence-corrected chi connectivity index (χ4v) is 3.80. The fraction of sp³-hybridized carbons (Fsp3) is 0.304. The van der Waals surface area contributed by atoms with Gasteiger partial charge in [0.25, 0.3) is 11.5 Å². The van der Waals surface area contributed by atoms with Gasteiger partial charge in [-0.3, -0.25) is 14.4 Å². The quantitative estimate of drug-likeness (QED) is 0.533. The van der Waals surface area contributed by atoms with Gasteiger partial charge in [0.2, 0.25) is 5.91 Å². The third-order valence-electron chi connectivity index (χ3n) is 4.84. The molecule has 1 N–H and O–H groups in total. The number of aromatic nitrogens is 2. The molecule has 0 atom stereocenters. The van der Waals surface area contributed by atoms with Crippen molar-refractivity contribution in [2.45, 2.75) is 33.2 Å². The lowest BCUT2D eigenvalue weighted by molar-refractivity contribution is -0.116. The number of amides is 2. The molecule has 7 nitrogen and oxygen atoms in total. The molecule has 0 aliphatic rings. The van der Waals surface area contributed by atoms with E-state index in [9.17, 15) is 14.4 Å². The molecule has 0 unspecified atom stereocenters. The number of nitrogens with zero attached hydrogens (tertiary/aromatic N) is 3. The van der Waals surface area contributed by atoms with E-state index >= 15 is 0 Å². The predicted molar refractivity (Wildman–Crippen MR) is 128 cm³/mol. The van der Waals surface area contributed by atoms with Crippen LogP contribution in [0.4, 0.5) is 5.69 Å². The molecule has 1 heterocycles.